The summed E-state index contributed by atoms with van der Waals surface area (Å²) in [7, 11) is 0. The summed E-state index contributed by atoms with van der Waals surface area (Å²) in [5.74, 6) is -0.893. The molecule has 0 saturated carbocycles. The monoisotopic (exact) mass is 271 g/mol. The van der Waals surface area contributed by atoms with Crippen LogP contribution in [-0.4, -0.2) is 20.4 Å². The molecule has 5 heteroatoms. The van der Waals surface area contributed by atoms with Gasteiger partial charge in [-0.2, -0.15) is 0 Å². The molecule has 0 saturated heterocycles. The van der Waals surface area contributed by atoms with E-state index in [1.807, 2.05) is 0 Å². The molecule has 0 unspecified atom stereocenters. The van der Waals surface area contributed by atoms with Crippen LogP contribution >= 0.6 is 0 Å². The van der Waals surface area contributed by atoms with Crippen molar-refractivity contribution in [2.45, 2.75) is 6.54 Å². The third kappa shape index (κ3) is 1.68. The van der Waals surface area contributed by atoms with Crippen molar-refractivity contribution >= 4 is 21.5 Å². The quantitative estimate of drug-likeness (QED) is 0.345. The van der Waals surface area contributed by atoms with Gasteiger partial charge >= 0.3 is 0 Å². The Morgan fingerprint density at radius 1 is 0.700 bits per heavy atom. The molecule has 0 fully saturated rings. The highest BCUT2D eigenvalue weighted by molar-refractivity contribution is 6.02. The molecular formula is C15H13NO4. The number of fused-ring (bicyclic) bond motifs is 2. The summed E-state index contributed by atoms with van der Waals surface area (Å²) in [5, 5.41) is 41.4. The van der Waals surface area contributed by atoms with Crippen molar-refractivity contribution in [1.29, 1.82) is 0 Å². The molecule has 0 radical (unpaired) electrons. The highest BCUT2D eigenvalue weighted by Crippen LogP contribution is 2.39. The topological polar surface area (TPSA) is 107 Å². The molecule has 6 N–H and O–H groups in total. The van der Waals surface area contributed by atoms with E-state index in [4.69, 9.17) is 5.73 Å². The van der Waals surface area contributed by atoms with Crippen LogP contribution in [0.2, 0.25) is 0 Å². The van der Waals surface area contributed by atoms with Crippen LogP contribution in [0.25, 0.3) is 21.5 Å². The van der Waals surface area contributed by atoms with Crippen molar-refractivity contribution < 1.29 is 20.4 Å². The standard InChI is InChI=1S/C15H13NO4/c16-6-11-10-2-8-4-13(18)12(17)3-7(8)1-9(10)5-14(19)15(11)20/h1-5,17-20H,6,16H2. The first kappa shape index (κ1) is 12.4. The number of benzene rings is 3. The van der Waals surface area contributed by atoms with E-state index in [0.29, 0.717) is 27.1 Å². The molecular weight excluding hydrogens is 258 g/mol. The summed E-state index contributed by atoms with van der Waals surface area (Å²) < 4.78 is 0. The van der Waals surface area contributed by atoms with Gasteiger partial charge in [0.05, 0.1) is 0 Å². The Morgan fingerprint density at radius 2 is 1.25 bits per heavy atom. The van der Waals surface area contributed by atoms with Gasteiger partial charge < -0.3 is 26.2 Å². The van der Waals surface area contributed by atoms with E-state index in [0.717, 1.165) is 0 Å². The van der Waals surface area contributed by atoms with Gasteiger partial charge in [0.25, 0.3) is 0 Å². The van der Waals surface area contributed by atoms with Gasteiger partial charge in [0.2, 0.25) is 0 Å². The minimum atomic E-state index is -0.236. The molecule has 0 amide bonds. The normalized spacial score (nSPS) is 11.2. The molecule has 0 aliphatic heterocycles. The van der Waals surface area contributed by atoms with Gasteiger partial charge in [-0.3, -0.25) is 0 Å². The molecule has 0 heterocycles. The van der Waals surface area contributed by atoms with E-state index in [9.17, 15) is 20.4 Å². The van der Waals surface area contributed by atoms with Crippen LogP contribution in [-0.2, 0) is 6.54 Å². The van der Waals surface area contributed by atoms with E-state index < -0.39 is 0 Å². The molecule has 0 aliphatic carbocycles. The number of aromatic hydroxyl groups is 4. The SMILES string of the molecule is NCc1c(O)c(O)cc2cc3cc(O)c(O)cc3cc12. The lowest BCUT2D eigenvalue weighted by molar-refractivity contribution is 0.401. The van der Waals surface area contributed by atoms with Crippen LogP contribution in [0.1, 0.15) is 5.56 Å². The number of nitrogens with two attached hydrogens (primary N) is 1. The Kier molecular flexibility index (Phi) is 2.59. The summed E-state index contributed by atoms with van der Waals surface area (Å²) in [4.78, 5) is 0. The van der Waals surface area contributed by atoms with Gasteiger partial charge in [-0.25, -0.2) is 0 Å². The van der Waals surface area contributed by atoms with Crippen LogP contribution in [0.15, 0.2) is 30.3 Å². The Morgan fingerprint density at radius 3 is 1.85 bits per heavy atom. The molecule has 0 bridgehead atoms. The van der Waals surface area contributed by atoms with Gasteiger partial charge in [0.1, 0.15) is 0 Å². The summed E-state index contributed by atoms with van der Waals surface area (Å²) in [5.41, 5.74) is 6.06. The fourth-order valence-electron chi connectivity index (χ4n) is 2.43. The molecule has 3 aromatic rings. The minimum Gasteiger partial charge on any atom is -0.504 e. The molecule has 5 nitrogen and oxygen atoms in total. The first-order valence-electron chi connectivity index (χ1n) is 6.04. The number of phenols is 4. The van der Waals surface area contributed by atoms with Crippen LogP contribution in [0.4, 0.5) is 0 Å². The zero-order chi connectivity index (χ0) is 14.4. The molecule has 102 valence electrons. The zero-order valence-corrected chi connectivity index (χ0v) is 10.5. The van der Waals surface area contributed by atoms with Gasteiger partial charge in [-0.15, -0.1) is 0 Å². The van der Waals surface area contributed by atoms with Gasteiger partial charge in [-0.1, -0.05) is 0 Å². The van der Waals surface area contributed by atoms with Crippen molar-refractivity contribution in [3.63, 3.8) is 0 Å². The van der Waals surface area contributed by atoms with E-state index in [1.54, 1.807) is 12.1 Å². The van der Waals surface area contributed by atoms with Crippen LogP contribution in [0.5, 0.6) is 23.0 Å². The highest BCUT2D eigenvalue weighted by atomic mass is 16.3. The number of hydrogen-bond donors (Lipinski definition) is 5. The molecule has 20 heavy (non-hydrogen) atoms. The summed E-state index contributed by atoms with van der Waals surface area (Å²) in [6.07, 6.45) is 0. The molecule has 3 aromatic carbocycles. The second kappa shape index (κ2) is 4.18. The zero-order valence-electron chi connectivity index (χ0n) is 10.5. The predicted octanol–water partition coefficient (Wildman–Crippen LogP) is 2.27. The van der Waals surface area contributed by atoms with E-state index in [-0.39, 0.29) is 29.5 Å². The minimum absolute atomic E-state index is 0.0757. The lowest BCUT2D eigenvalue weighted by atomic mass is 9.98. The van der Waals surface area contributed by atoms with Crippen molar-refractivity contribution in [3.05, 3.63) is 35.9 Å². The molecule has 3 rings (SSSR count). The lowest BCUT2D eigenvalue weighted by Crippen LogP contribution is -1.98. The number of hydrogen-bond acceptors (Lipinski definition) is 5. The lowest BCUT2D eigenvalue weighted by Gasteiger charge is -2.11. The van der Waals surface area contributed by atoms with Gasteiger partial charge in [0, 0.05) is 12.1 Å². The number of rotatable bonds is 1. The third-order valence-electron chi connectivity index (χ3n) is 3.45. The largest absolute Gasteiger partial charge is 0.504 e. The first-order valence-corrected chi connectivity index (χ1v) is 6.04. The van der Waals surface area contributed by atoms with E-state index in [1.165, 1.54) is 18.2 Å². The van der Waals surface area contributed by atoms with Gasteiger partial charge in [0.15, 0.2) is 23.0 Å². The van der Waals surface area contributed by atoms with Gasteiger partial charge in [-0.05, 0) is 51.9 Å². The van der Waals surface area contributed by atoms with Crippen molar-refractivity contribution in [1.82, 2.24) is 0 Å². The van der Waals surface area contributed by atoms with Crippen LogP contribution < -0.4 is 5.73 Å². The van der Waals surface area contributed by atoms with E-state index in [2.05, 4.69) is 0 Å². The molecule has 0 atom stereocenters. The smallest absolute Gasteiger partial charge is 0.162 e. The highest BCUT2D eigenvalue weighted by Gasteiger charge is 2.12. The van der Waals surface area contributed by atoms with Crippen molar-refractivity contribution in [2.75, 3.05) is 0 Å². The van der Waals surface area contributed by atoms with Crippen molar-refractivity contribution in [2.24, 2.45) is 5.73 Å². The number of phenolic OH excluding ortho intramolecular Hbond substituents is 4. The Hall–Kier alpha value is -2.66. The third-order valence-corrected chi connectivity index (χ3v) is 3.45. The maximum absolute atomic E-state index is 9.85. The average molecular weight is 271 g/mol. The molecule has 0 aliphatic rings. The summed E-state index contributed by atoms with van der Waals surface area (Å²) in [6.45, 7) is 0.0757. The fourth-order valence-corrected chi connectivity index (χ4v) is 2.43. The maximum atomic E-state index is 9.85. The Labute approximate surface area is 114 Å². The summed E-state index contributed by atoms with van der Waals surface area (Å²) >= 11 is 0. The fraction of sp³-hybridized carbons (Fsp3) is 0.0667. The second-order valence-electron chi connectivity index (χ2n) is 4.69. The second-order valence-corrected chi connectivity index (χ2v) is 4.69. The Balaban J connectivity index is 2.47. The molecule has 0 spiro atoms. The molecule has 0 aromatic heterocycles. The maximum Gasteiger partial charge on any atom is 0.162 e. The first-order chi connectivity index (χ1) is 9.51. The van der Waals surface area contributed by atoms with Crippen LogP contribution in [0.3, 0.4) is 0 Å². The van der Waals surface area contributed by atoms with Crippen LogP contribution in [0, 0.1) is 0 Å². The predicted molar refractivity (Wildman–Crippen MR) is 76.0 cm³/mol. The Bertz CT molecular complexity index is 843. The average Bonchev–Trinajstić information content (AvgIpc) is 2.40. The summed E-state index contributed by atoms with van der Waals surface area (Å²) in [6, 6.07) is 7.82. The van der Waals surface area contributed by atoms with Crippen molar-refractivity contribution in [3.8, 4) is 23.0 Å². The van der Waals surface area contributed by atoms with E-state index >= 15 is 0 Å².